The summed E-state index contributed by atoms with van der Waals surface area (Å²) in [5.41, 5.74) is 5.89. The molecule has 1 rings (SSSR count). The first-order valence-electron chi connectivity index (χ1n) is 5.51. The molecule has 8 heteroatoms. The van der Waals surface area contributed by atoms with Crippen LogP contribution in [0, 0.1) is 0 Å². The van der Waals surface area contributed by atoms with Crippen LogP contribution in [0.15, 0.2) is 11.9 Å². The van der Waals surface area contributed by atoms with Crippen LogP contribution in [0.4, 0.5) is 0 Å². The van der Waals surface area contributed by atoms with Gasteiger partial charge in [0.15, 0.2) is 6.10 Å². The number of hydrazine groups is 1. The number of nitrogens with zero attached hydrogens (tertiary/aromatic N) is 1. The van der Waals surface area contributed by atoms with E-state index in [1.54, 1.807) is 6.92 Å². The van der Waals surface area contributed by atoms with Gasteiger partial charge in [0.05, 0.1) is 12.6 Å². The summed E-state index contributed by atoms with van der Waals surface area (Å²) in [5, 5.41) is 29.1. The van der Waals surface area contributed by atoms with Crippen molar-refractivity contribution in [1.82, 2.24) is 5.01 Å². The Morgan fingerprint density at radius 1 is 1.61 bits per heavy atom. The van der Waals surface area contributed by atoms with Gasteiger partial charge >= 0.3 is 5.97 Å². The maximum atomic E-state index is 10.9. The van der Waals surface area contributed by atoms with Gasteiger partial charge in [-0.25, -0.2) is 10.6 Å². The number of carboxylic acids is 1. The van der Waals surface area contributed by atoms with Gasteiger partial charge in [-0.3, -0.25) is 0 Å². The van der Waals surface area contributed by atoms with E-state index in [2.05, 4.69) is 0 Å². The number of hydrogen-bond donors (Lipinski definition) is 5. The number of nitrogens with two attached hydrogens (primary N) is 2. The highest BCUT2D eigenvalue weighted by Gasteiger charge is 2.41. The van der Waals surface area contributed by atoms with Crippen LogP contribution in [0.25, 0.3) is 0 Å². The molecule has 0 aromatic carbocycles. The lowest BCUT2D eigenvalue weighted by Crippen LogP contribution is -2.58. The summed E-state index contributed by atoms with van der Waals surface area (Å²) < 4.78 is 5.06. The molecule has 1 heterocycles. The first-order chi connectivity index (χ1) is 8.36. The van der Waals surface area contributed by atoms with Crippen LogP contribution >= 0.6 is 0 Å². The molecular formula is C10H19N3O5. The fraction of sp³-hybridized carbons (Fsp3) is 0.700. The van der Waals surface area contributed by atoms with Crippen molar-refractivity contribution in [3.63, 3.8) is 0 Å². The largest absolute Gasteiger partial charge is 0.479 e. The van der Waals surface area contributed by atoms with Gasteiger partial charge in [0.1, 0.15) is 12.2 Å². The standard InChI is InChI=1S/C10H19N3O5/c1-5(11)3-13(12)6-2-7(10(16)17)18-8(4-14)9(6)15/h3,6-9,14-15H,2,4,11-12H2,1H3,(H,16,17)/b5-3-. The second kappa shape index (κ2) is 6.01. The van der Waals surface area contributed by atoms with E-state index in [1.165, 1.54) is 6.20 Å². The zero-order valence-corrected chi connectivity index (χ0v) is 10.1. The van der Waals surface area contributed by atoms with E-state index in [1.807, 2.05) is 0 Å². The number of rotatable bonds is 4. The molecule has 7 N–H and O–H groups in total. The fourth-order valence-corrected chi connectivity index (χ4v) is 1.89. The predicted molar refractivity (Wildman–Crippen MR) is 61.8 cm³/mol. The molecule has 0 saturated carbocycles. The van der Waals surface area contributed by atoms with Crippen LogP contribution in [0.2, 0.25) is 0 Å². The first kappa shape index (κ1) is 14.7. The predicted octanol–water partition coefficient (Wildman–Crippen LogP) is -2.05. The number of carboxylic acid groups (broad SMARTS) is 1. The van der Waals surface area contributed by atoms with E-state index in [-0.39, 0.29) is 6.42 Å². The molecule has 0 aromatic rings. The third-order valence-corrected chi connectivity index (χ3v) is 2.76. The third kappa shape index (κ3) is 3.33. The summed E-state index contributed by atoms with van der Waals surface area (Å²) in [6, 6.07) is -0.685. The second-order valence-electron chi connectivity index (χ2n) is 4.30. The molecule has 0 amide bonds. The Labute approximate surface area is 104 Å². The van der Waals surface area contributed by atoms with Gasteiger partial charge in [0.2, 0.25) is 0 Å². The average Bonchev–Trinajstić information content (AvgIpc) is 2.27. The topological polar surface area (TPSA) is 142 Å². The molecule has 1 fully saturated rings. The Bertz CT molecular complexity index is 331. The number of hydrogen-bond acceptors (Lipinski definition) is 7. The molecule has 4 unspecified atom stereocenters. The Hall–Kier alpha value is -1.35. The quantitative estimate of drug-likeness (QED) is 0.287. The maximum absolute atomic E-state index is 10.9. The SMILES string of the molecule is C/C(N)=C/N(N)C1CC(C(=O)O)OC(CO)C1O. The summed E-state index contributed by atoms with van der Waals surface area (Å²) in [6.45, 7) is 1.13. The van der Waals surface area contributed by atoms with E-state index >= 15 is 0 Å². The normalized spacial score (nSPS) is 33.2. The minimum Gasteiger partial charge on any atom is -0.479 e. The molecular weight excluding hydrogens is 242 g/mol. The summed E-state index contributed by atoms with van der Waals surface area (Å²) in [5.74, 6) is 4.55. The second-order valence-corrected chi connectivity index (χ2v) is 4.30. The first-order valence-corrected chi connectivity index (χ1v) is 5.51. The summed E-state index contributed by atoms with van der Waals surface area (Å²) in [4.78, 5) is 10.9. The van der Waals surface area contributed by atoms with Gasteiger partial charge in [-0.15, -0.1) is 0 Å². The smallest absolute Gasteiger partial charge is 0.332 e. The van der Waals surface area contributed by atoms with Crippen LogP contribution in [0.5, 0.6) is 0 Å². The van der Waals surface area contributed by atoms with Crippen molar-refractivity contribution < 1.29 is 24.9 Å². The molecule has 0 bridgehead atoms. The van der Waals surface area contributed by atoms with Crippen LogP contribution in [0.3, 0.4) is 0 Å². The molecule has 4 atom stereocenters. The number of aliphatic carboxylic acids is 1. The van der Waals surface area contributed by atoms with Crippen molar-refractivity contribution >= 4 is 5.97 Å². The summed E-state index contributed by atoms with van der Waals surface area (Å²) in [7, 11) is 0. The Balaban J connectivity index is 2.86. The van der Waals surface area contributed by atoms with Gasteiger partial charge in [0, 0.05) is 18.3 Å². The van der Waals surface area contributed by atoms with Crippen molar-refractivity contribution in [2.75, 3.05) is 6.61 Å². The van der Waals surface area contributed by atoms with Gasteiger partial charge in [-0.1, -0.05) is 0 Å². The zero-order valence-electron chi connectivity index (χ0n) is 10.1. The molecule has 8 nitrogen and oxygen atoms in total. The Kier molecular flexibility index (Phi) is 4.91. The fourth-order valence-electron chi connectivity index (χ4n) is 1.89. The van der Waals surface area contributed by atoms with Crippen molar-refractivity contribution in [3.05, 3.63) is 11.9 Å². The summed E-state index contributed by atoms with van der Waals surface area (Å²) in [6.07, 6.45) is -1.79. The maximum Gasteiger partial charge on any atom is 0.332 e. The van der Waals surface area contributed by atoms with Crippen molar-refractivity contribution in [3.8, 4) is 0 Å². The number of ether oxygens (including phenoxy) is 1. The molecule has 1 aliphatic rings. The summed E-state index contributed by atoms with van der Waals surface area (Å²) >= 11 is 0. The van der Waals surface area contributed by atoms with E-state index in [4.69, 9.17) is 26.5 Å². The van der Waals surface area contributed by atoms with E-state index < -0.39 is 36.9 Å². The van der Waals surface area contributed by atoms with Gasteiger partial charge in [0.25, 0.3) is 0 Å². The van der Waals surface area contributed by atoms with Crippen molar-refractivity contribution in [2.24, 2.45) is 11.6 Å². The number of carbonyl (C=O) groups is 1. The molecule has 0 radical (unpaired) electrons. The van der Waals surface area contributed by atoms with Crippen molar-refractivity contribution in [1.29, 1.82) is 0 Å². The highest BCUT2D eigenvalue weighted by molar-refractivity contribution is 5.72. The third-order valence-electron chi connectivity index (χ3n) is 2.76. The Morgan fingerprint density at radius 3 is 2.67 bits per heavy atom. The lowest BCUT2D eigenvalue weighted by atomic mass is 9.95. The highest BCUT2D eigenvalue weighted by atomic mass is 16.5. The van der Waals surface area contributed by atoms with Gasteiger partial charge in [-0.2, -0.15) is 0 Å². The van der Waals surface area contributed by atoms with Crippen LogP contribution in [-0.4, -0.2) is 57.3 Å². The molecule has 1 aliphatic heterocycles. The Morgan fingerprint density at radius 2 is 2.22 bits per heavy atom. The molecule has 0 aromatic heterocycles. The monoisotopic (exact) mass is 261 g/mol. The zero-order chi connectivity index (χ0) is 13.9. The minimum absolute atomic E-state index is 0.00722. The van der Waals surface area contributed by atoms with E-state index in [9.17, 15) is 9.90 Å². The average molecular weight is 261 g/mol. The minimum atomic E-state index is -1.16. The molecule has 18 heavy (non-hydrogen) atoms. The van der Waals surface area contributed by atoms with Crippen LogP contribution < -0.4 is 11.6 Å². The van der Waals surface area contributed by atoms with Crippen molar-refractivity contribution in [2.45, 2.75) is 37.7 Å². The number of aliphatic hydroxyl groups excluding tert-OH is 2. The molecule has 0 aliphatic carbocycles. The molecule has 0 spiro atoms. The van der Waals surface area contributed by atoms with Crippen LogP contribution in [-0.2, 0) is 9.53 Å². The lowest BCUT2D eigenvalue weighted by Gasteiger charge is -2.40. The van der Waals surface area contributed by atoms with E-state index in [0.29, 0.717) is 5.70 Å². The lowest BCUT2D eigenvalue weighted by molar-refractivity contribution is -0.185. The molecule has 104 valence electrons. The molecule has 1 saturated heterocycles. The number of allylic oxidation sites excluding steroid dienone is 1. The van der Waals surface area contributed by atoms with Crippen LogP contribution in [0.1, 0.15) is 13.3 Å². The van der Waals surface area contributed by atoms with Gasteiger partial charge < -0.3 is 30.8 Å². The highest BCUT2D eigenvalue weighted by Crippen LogP contribution is 2.23. The van der Waals surface area contributed by atoms with Gasteiger partial charge in [-0.05, 0) is 6.92 Å². The number of aliphatic hydroxyl groups is 2. The van der Waals surface area contributed by atoms with E-state index in [0.717, 1.165) is 5.01 Å².